The highest BCUT2D eigenvalue weighted by molar-refractivity contribution is 7.89. The molecule has 0 radical (unpaired) electrons. The van der Waals surface area contributed by atoms with E-state index in [1.54, 1.807) is 0 Å². The normalized spacial score (nSPS) is 17.7. The Morgan fingerprint density at radius 3 is 2.95 bits per heavy atom. The van der Waals surface area contributed by atoms with Gasteiger partial charge in [-0.2, -0.15) is 5.10 Å². The molecule has 1 aliphatic rings. The highest BCUT2D eigenvalue weighted by Crippen LogP contribution is 2.28. The summed E-state index contributed by atoms with van der Waals surface area (Å²) in [5.74, 6) is 0.827. The molecule has 8 heteroatoms. The Balaban J connectivity index is 1.66. The van der Waals surface area contributed by atoms with Crippen molar-refractivity contribution in [3.05, 3.63) is 36.0 Å². The SMILES string of the molecule is Nc1[nH]ncc1S(=O)(=O)NCC1Cc2ccccc2O1. The van der Waals surface area contributed by atoms with Crippen molar-refractivity contribution in [3.63, 3.8) is 0 Å². The van der Waals surface area contributed by atoms with Crippen molar-refractivity contribution in [1.82, 2.24) is 14.9 Å². The third-order valence-corrected chi connectivity index (χ3v) is 4.59. The number of nitrogens with two attached hydrogens (primary N) is 1. The molecule has 0 bridgehead atoms. The summed E-state index contributed by atoms with van der Waals surface area (Å²) in [5, 5.41) is 5.99. The van der Waals surface area contributed by atoms with Crippen molar-refractivity contribution in [1.29, 1.82) is 0 Å². The second kappa shape index (κ2) is 4.80. The van der Waals surface area contributed by atoms with E-state index >= 15 is 0 Å². The van der Waals surface area contributed by atoms with Crippen LogP contribution in [0.25, 0.3) is 0 Å². The van der Waals surface area contributed by atoms with Crippen molar-refractivity contribution in [2.45, 2.75) is 17.4 Å². The lowest BCUT2D eigenvalue weighted by atomic mass is 10.1. The Labute approximate surface area is 116 Å². The lowest BCUT2D eigenvalue weighted by Gasteiger charge is -2.11. The molecule has 0 saturated carbocycles. The summed E-state index contributed by atoms with van der Waals surface area (Å²) in [5.41, 5.74) is 6.59. The van der Waals surface area contributed by atoms with E-state index < -0.39 is 10.0 Å². The van der Waals surface area contributed by atoms with Gasteiger partial charge in [0, 0.05) is 13.0 Å². The first kappa shape index (κ1) is 12.9. The molecular weight excluding hydrogens is 280 g/mol. The fourth-order valence-corrected chi connectivity index (χ4v) is 3.23. The molecule has 3 rings (SSSR count). The number of nitrogen functional groups attached to an aromatic ring is 1. The summed E-state index contributed by atoms with van der Waals surface area (Å²) in [4.78, 5) is -0.0481. The summed E-state index contributed by atoms with van der Waals surface area (Å²) in [7, 11) is -3.67. The van der Waals surface area contributed by atoms with Gasteiger partial charge in [0.1, 0.15) is 22.6 Å². The molecular formula is C12H14N4O3S. The van der Waals surface area contributed by atoms with Gasteiger partial charge >= 0.3 is 0 Å². The third kappa shape index (κ3) is 2.35. The molecule has 0 fully saturated rings. The van der Waals surface area contributed by atoms with Crippen LogP contribution in [0.15, 0.2) is 35.4 Å². The number of para-hydroxylation sites is 1. The van der Waals surface area contributed by atoms with Gasteiger partial charge in [0.2, 0.25) is 10.0 Å². The van der Waals surface area contributed by atoms with E-state index in [0.29, 0.717) is 6.42 Å². The van der Waals surface area contributed by atoms with E-state index in [4.69, 9.17) is 10.5 Å². The van der Waals surface area contributed by atoms with E-state index in [1.165, 1.54) is 6.20 Å². The van der Waals surface area contributed by atoms with Crippen molar-refractivity contribution >= 4 is 15.8 Å². The molecule has 1 aromatic heterocycles. The quantitative estimate of drug-likeness (QED) is 0.750. The third-order valence-electron chi connectivity index (χ3n) is 3.14. The van der Waals surface area contributed by atoms with E-state index in [2.05, 4.69) is 14.9 Å². The number of nitrogens with one attached hydrogen (secondary N) is 2. The highest BCUT2D eigenvalue weighted by Gasteiger charge is 2.26. The first-order chi connectivity index (χ1) is 9.56. The topological polar surface area (TPSA) is 110 Å². The molecule has 2 aromatic rings. The summed E-state index contributed by atoms with van der Waals surface area (Å²) in [6.07, 6.45) is 1.65. The van der Waals surface area contributed by atoms with Crippen LogP contribution in [0.5, 0.6) is 5.75 Å². The molecule has 7 nitrogen and oxygen atoms in total. The molecule has 20 heavy (non-hydrogen) atoms. The molecule has 4 N–H and O–H groups in total. The van der Waals surface area contributed by atoms with E-state index in [-0.39, 0.29) is 23.4 Å². The molecule has 0 saturated heterocycles. The van der Waals surface area contributed by atoms with Gasteiger partial charge < -0.3 is 10.5 Å². The van der Waals surface area contributed by atoms with Crippen molar-refractivity contribution in [2.24, 2.45) is 0 Å². The molecule has 1 aromatic carbocycles. The number of aromatic amines is 1. The lowest BCUT2D eigenvalue weighted by molar-refractivity contribution is 0.236. The molecule has 0 aliphatic carbocycles. The van der Waals surface area contributed by atoms with Gasteiger partial charge in [0.05, 0.1) is 6.20 Å². The average Bonchev–Trinajstić information content (AvgIpc) is 3.02. The molecule has 0 spiro atoms. The standard InChI is InChI=1S/C12H14N4O3S/c13-12-11(7-14-16-12)20(17,18)15-6-9-5-8-3-1-2-4-10(8)19-9/h1-4,7,9,15H,5-6H2,(H3,13,14,16). The van der Waals surface area contributed by atoms with Crippen LogP contribution in [-0.2, 0) is 16.4 Å². The van der Waals surface area contributed by atoms with Gasteiger partial charge in [-0.05, 0) is 11.6 Å². The Hall–Kier alpha value is -2.06. The van der Waals surface area contributed by atoms with Gasteiger partial charge in [-0.1, -0.05) is 18.2 Å². The van der Waals surface area contributed by atoms with Crippen LogP contribution in [0, 0.1) is 0 Å². The number of sulfonamides is 1. The summed E-state index contributed by atoms with van der Waals surface area (Å²) in [6, 6.07) is 7.66. The Morgan fingerprint density at radius 1 is 1.45 bits per heavy atom. The zero-order valence-corrected chi connectivity index (χ0v) is 11.4. The minimum absolute atomic E-state index is 0.0214. The molecule has 106 valence electrons. The second-order valence-corrected chi connectivity index (χ2v) is 6.29. The maximum Gasteiger partial charge on any atom is 0.245 e. The van der Waals surface area contributed by atoms with E-state index in [9.17, 15) is 8.42 Å². The van der Waals surface area contributed by atoms with Crippen molar-refractivity contribution in [2.75, 3.05) is 12.3 Å². The fourth-order valence-electron chi connectivity index (χ4n) is 2.15. The predicted molar refractivity (Wildman–Crippen MR) is 72.8 cm³/mol. The van der Waals surface area contributed by atoms with Gasteiger partial charge in [-0.3, -0.25) is 5.10 Å². The van der Waals surface area contributed by atoms with Crippen LogP contribution in [-0.4, -0.2) is 31.3 Å². The first-order valence-electron chi connectivity index (χ1n) is 6.09. The number of H-pyrrole nitrogens is 1. The molecule has 1 unspecified atom stereocenters. The summed E-state index contributed by atoms with van der Waals surface area (Å²) < 4.78 is 32.2. The second-order valence-electron chi connectivity index (χ2n) is 4.55. The number of rotatable bonds is 4. The molecule has 2 heterocycles. The minimum Gasteiger partial charge on any atom is -0.488 e. The number of benzene rings is 1. The van der Waals surface area contributed by atoms with Gasteiger partial charge in [0.25, 0.3) is 0 Å². The monoisotopic (exact) mass is 294 g/mol. The lowest BCUT2D eigenvalue weighted by Crippen LogP contribution is -2.34. The van der Waals surface area contributed by atoms with Gasteiger partial charge in [0.15, 0.2) is 0 Å². The number of hydrogen-bond acceptors (Lipinski definition) is 5. The Morgan fingerprint density at radius 2 is 2.25 bits per heavy atom. The van der Waals surface area contributed by atoms with E-state index in [1.807, 2.05) is 24.3 Å². The average molecular weight is 294 g/mol. The Kier molecular flexibility index (Phi) is 3.11. The zero-order valence-electron chi connectivity index (χ0n) is 10.5. The van der Waals surface area contributed by atoms with Crippen LogP contribution in [0.2, 0.25) is 0 Å². The maximum atomic E-state index is 12.0. The smallest absolute Gasteiger partial charge is 0.245 e. The number of fused-ring (bicyclic) bond motifs is 1. The Bertz CT molecular complexity index is 701. The maximum absolute atomic E-state index is 12.0. The van der Waals surface area contributed by atoms with Gasteiger partial charge in [-0.15, -0.1) is 0 Å². The van der Waals surface area contributed by atoms with Crippen LogP contribution < -0.4 is 15.2 Å². The largest absolute Gasteiger partial charge is 0.488 e. The van der Waals surface area contributed by atoms with Crippen molar-refractivity contribution in [3.8, 4) is 5.75 Å². The van der Waals surface area contributed by atoms with Crippen LogP contribution in [0.3, 0.4) is 0 Å². The fraction of sp³-hybridized carbons (Fsp3) is 0.250. The van der Waals surface area contributed by atoms with Crippen LogP contribution in [0.1, 0.15) is 5.56 Å². The number of aromatic nitrogens is 2. The van der Waals surface area contributed by atoms with Crippen LogP contribution >= 0.6 is 0 Å². The van der Waals surface area contributed by atoms with Gasteiger partial charge in [-0.25, -0.2) is 13.1 Å². The molecule has 1 aliphatic heterocycles. The van der Waals surface area contributed by atoms with Crippen LogP contribution in [0.4, 0.5) is 5.82 Å². The predicted octanol–water partition coefficient (Wildman–Crippen LogP) is 0.274. The first-order valence-corrected chi connectivity index (χ1v) is 7.57. The number of anilines is 1. The molecule has 1 atom stereocenters. The highest BCUT2D eigenvalue weighted by atomic mass is 32.2. The van der Waals surface area contributed by atoms with E-state index in [0.717, 1.165) is 11.3 Å². The minimum atomic E-state index is -3.67. The summed E-state index contributed by atoms with van der Waals surface area (Å²) >= 11 is 0. The molecule has 0 amide bonds. The van der Waals surface area contributed by atoms with Crippen molar-refractivity contribution < 1.29 is 13.2 Å². The number of hydrogen-bond donors (Lipinski definition) is 3. The number of nitrogens with zero attached hydrogens (tertiary/aromatic N) is 1. The zero-order chi connectivity index (χ0) is 14.2. The summed E-state index contributed by atoms with van der Waals surface area (Å²) in [6.45, 7) is 0.182. The number of ether oxygens (including phenoxy) is 1.